The number of nitrogens with zero attached hydrogens (tertiary/aromatic N) is 2. The second-order valence-electron chi connectivity index (χ2n) is 7.75. The zero-order valence-electron chi connectivity index (χ0n) is 18.2. The number of rotatable bonds is 6. The topological polar surface area (TPSA) is 88.6 Å². The normalized spacial score (nSPS) is 14.4. The molecule has 32 heavy (non-hydrogen) atoms. The molecule has 1 aromatic carbocycles. The van der Waals surface area contributed by atoms with Crippen LogP contribution in [0.2, 0.25) is 0 Å². The summed E-state index contributed by atoms with van der Waals surface area (Å²) in [7, 11) is -2.30. The molecule has 0 radical (unpaired) electrons. The van der Waals surface area contributed by atoms with Crippen LogP contribution in [0, 0.1) is 13.8 Å². The van der Waals surface area contributed by atoms with E-state index in [4.69, 9.17) is 4.74 Å². The SMILES string of the molecule is COc1ccc(C)cc1NS(=O)(=O)c1cc(-c2nc(C)c(C(=O)N3CCCCC3)s2)cs1. The van der Waals surface area contributed by atoms with Crippen LogP contribution in [0.15, 0.2) is 33.9 Å². The van der Waals surface area contributed by atoms with Gasteiger partial charge in [-0.15, -0.1) is 22.7 Å². The van der Waals surface area contributed by atoms with E-state index in [0.29, 0.717) is 32.6 Å². The van der Waals surface area contributed by atoms with Gasteiger partial charge in [-0.2, -0.15) is 0 Å². The number of anilines is 1. The number of likely N-dealkylation sites (tertiary alicyclic amines) is 1. The van der Waals surface area contributed by atoms with E-state index in [9.17, 15) is 13.2 Å². The standard InChI is InChI=1S/C22H25N3O4S3/c1-14-7-8-18(29-3)17(11-14)24-32(27,28)19-12-16(13-30-19)21-23-15(2)20(31-21)22(26)25-9-5-4-6-10-25/h7-8,11-13,24H,4-6,9-10H2,1-3H3. The Morgan fingerprint density at radius 1 is 1.16 bits per heavy atom. The van der Waals surface area contributed by atoms with Crippen LogP contribution in [-0.2, 0) is 10.0 Å². The number of aryl methyl sites for hydroxylation is 2. The summed E-state index contributed by atoms with van der Waals surface area (Å²) in [5.41, 5.74) is 2.68. The molecule has 2 aromatic heterocycles. The maximum absolute atomic E-state index is 13.0. The molecule has 0 spiro atoms. The molecule has 0 saturated carbocycles. The number of thiophene rings is 1. The average Bonchev–Trinajstić information content (AvgIpc) is 3.41. The van der Waals surface area contributed by atoms with Gasteiger partial charge in [0.25, 0.3) is 15.9 Å². The van der Waals surface area contributed by atoms with Gasteiger partial charge in [0.2, 0.25) is 0 Å². The van der Waals surface area contributed by atoms with Crippen molar-refractivity contribution in [3.8, 4) is 16.3 Å². The molecular weight excluding hydrogens is 466 g/mol. The largest absolute Gasteiger partial charge is 0.495 e. The third kappa shape index (κ3) is 4.67. The second-order valence-corrected chi connectivity index (χ2v) is 11.6. The first-order valence-corrected chi connectivity index (χ1v) is 13.5. The number of piperidine rings is 1. The van der Waals surface area contributed by atoms with E-state index in [0.717, 1.165) is 49.3 Å². The van der Waals surface area contributed by atoms with Crippen LogP contribution in [0.1, 0.15) is 40.2 Å². The van der Waals surface area contributed by atoms with E-state index >= 15 is 0 Å². The molecule has 0 unspecified atom stereocenters. The Bertz CT molecular complexity index is 1240. The van der Waals surface area contributed by atoms with Crippen molar-refractivity contribution in [2.45, 2.75) is 37.3 Å². The molecule has 7 nitrogen and oxygen atoms in total. The van der Waals surface area contributed by atoms with E-state index in [1.165, 1.54) is 18.4 Å². The smallest absolute Gasteiger partial charge is 0.271 e. The first-order valence-electron chi connectivity index (χ1n) is 10.3. The number of methoxy groups -OCH3 is 1. The lowest BCUT2D eigenvalue weighted by Crippen LogP contribution is -2.35. The van der Waals surface area contributed by atoms with Crippen molar-refractivity contribution in [3.05, 3.63) is 45.8 Å². The molecule has 1 amide bonds. The minimum atomic E-state index is -3.80. The van der Waals surface area contributed by atoms with Crippen LogP contribution in [0.5, 0.6) is 5.75 Å². The fourth-order valence-electron chi connectivity index (χ4n) is 3.63. The molecule has 1 N–H and O–H groups in total. The van der Waals surface area contributed by atoms with Gasteiger partial charge in [-0.3, -0.25) is 9.52 Å². The van der Waals surface area contributed by atoms with Gasteiger partial charge in [0, 0.05) is 24.0 Å². The van der Waals surface area contributed by atoms with Gasteiger partial charge in [0.1, 0.15) is 19.8 Å². The molecule has 1 aliphatic rings. The van der Waals surface area contributed by atoms with Crippen molar-refractivity contribution in [3.63, 3.8) is 0 Å². The number of thiazole rings is 1. The highest BCUT2D eigenvalue weighted by atomic mass is 32.2. The Hall–Kier alpha value is -2.43. The summed E-state index contributed by atoms with van der Waals surface area (Å²) in [6.07, 6.45) is 3.22. The van der Waals surface area contributed by atoms with Gasteiger partial charge in [0.05, 0.1) is 18.5 Å². The molecule has 10 heteroatoms. The number of carbonyl (C=O) groups is 1. The Morgan fingerprint density at radius 2 is 1.91 bits per heavy atom. The number of nitrogens with one attached hydrogen (secondary N) is 1. The van der Waals surface area contributed by atoms with Gasteiger partial charge in [-0.05, 0) is 56.9 Å². The molecule has 3 aromatic rings. The molecule has 170 valence electrons. The molecule has 0 bridgehead atoms. The Kier molecular flexibility index (Phi) is 6.55. The summed E-state index contributed by atoms with van der Waals surface area (Å²) < 4.78 is 34.0. The van der Waals surface area contributed by atoms with E-state index in [-0.39, 0.29) is 10.1 Å². The fourth-order valence-corrected chi connectivity index (χ4v) is 6.95. The Morgan fingerprint density at radius 3 is 2.62 bits per heavy atom. The number of ether oxygens (including phenoxy) is 1. The monoisotopic (exact) mass is 491 g/mol. The van der Waals surface area contributed by atoms with Crippen molar-refractivity contribution >= 4 is 44.3 Å². The predicted octanol–water partition coefficient (Wildman–Crippen LogP) is 4.92. The average molecular weight is 492 g/mol. The zero-order chi connectivity index (χ0) is 22.9. The molecule has 1 saturated heterocycles. The third-order valence-electron chi connectivity index (χ3n) is 5.32. The van der Waals surface area contributed by atoms with Gasteiger partial charge in [-0.25, -0.2) is 13.4 Å². The number of benzene rings is 1. The van der Waals surface area contributed by atoms with Crippen molar-refractivity contribution in [2.75, 3.05) is 24.9 Å². The third-order valence-corrected chi connectivity index (χ3v) is 9.32. The number of hydrogen-bond acceptors (Lipinski definition) is 7. The van der Waals surface area contributed by atoms with E-state index in [1.54, 1.807) is 23.6 Å². The van der Waals surface area contributed by atoms with E-state index in [1.807, 2.05) is 24.8 Å². The van der Waals surface area contributed by atoms with E-state index < -0.39 is 10.0 Å². The maximum Gasteiger partial charge on any atom is 0.271 e. The highest BCUT2D eigenvalue weighted by Crippen LogP contribution is 2.35. The summed E-state index contributed by atoms with van der Waals surface area (Å²) in [5, 5.41) is 2.41. The number of amides is 1. The lowest BCUT2D eigenvalue weighted by Gasteiger charge is -2.26. The second kappa shape index (κ2) is 9.21. The first-order chi connectivity index (χ1) is 15.3. The summed E-state index contributed by atoms with van der Waals surface area (Å²) in [4.78, 5) is 20.0. The van der Waals surface area contributed by atoms with Crippen molar-refractivity contribution in [1.29, 1.82) is 0 Å². The van der Waals surface area contributed by atoms with Crippen LogP contribution in [0.25, 0.3) is 10.6 Å². The van der Waals surface area contributed by atoms with Crippen LogP contribution in [0.4, 0.5) is 5.69 Å². The highest BCUT2D eigenvalue weighted by molar-refractivity contribution is 7.94. The Labute approximate surface area is 196 Å². The van der Waals surface area contributed by atoms with Crippen molar-refractivity contribution in [1.82, 2.24) is 9.88 Å². The van der Waals surface area contributed by atoms with Crippen LogP contribution in [0.3, 0.4) is 0 Å². The zero-order valence-corrected chi connectivity index (χ0v) is 20.6. The number of hydrogen-bond donors (Lipinski definition) is 1. The quantitative estimate of drug-likeness (QED) is 0.528. The van der Waals surface area contributed by atoms with Gasteiger partial charge in [0.15, 0.2) is 0 Å². The van der Waals surface area contributed by atoms with Crippen molar-refractivity contribution < 1.29 is 17.9 Å². The van der Waals surface area contributed by atoms with Crippen LogP contribution in [-0.4, -0.2) is 44.4 Å². The predicted molar refractivity (Wildman–Crippen MR) is 128 cm³/mol. The lowest BCUT2D eigenvalue weighted by molar-refractivity contribution is 0.0728. The van der Waals surface area contributed by atoms with Gasteiger partial charge < -0.3 is 9.64 Å². The number of aromatic nitrogens is 1. The van der Waals surface area contributed by atoms with Crippen LogP contribution >= 0.6 is 22.7 Å². The molecule has 4 rings (SSSR count). The molecule has 1 fully saturated rings. The highest BCUT2D eigenvalue weighted by Gasteiger charge is 2.25. The number of sulfonamides is 1. The summed E-state index contributed by atoms with van der Waals surface area (Å²) >= 11 is 2.44. The molecule has 0 aliphatic carbocycles. The summed E-state index contributed by atoms with van der Waals surface area (Å²) in [6, 6.07) is 6.91. The molecule has 0 atom stereocenters. The molecule has 1 aliphatic heterocycles. The fraction of sp³-hybridized carbons (Fsp3) is 0.364. The number of carbonyl (C=O) groups excluding carboxylic acids is 1. The van der Waals surface area contributed by atoms with Crippen molar-refractivity contribution in [2.24, 2.45) is 0 Å². The maximum atomic E-state index is 13.0. The summed E-state index contributed by atoms with van der Waals surface area (Å²) in [6.45, 7) is 5.27. The molecular formula is C22H25N3O4S3. The van der Waals surface area contributed by atoms with Gasteiger partial charge >= 0.3 is 0 Å². The van der Waals surface area contributed by atoms with E-state index in [2.05, 4.69) is 9.71 Å². The lowest BCUT2D eigenvalue weighted by atomic mass is 10.1. The van der Waals surface area contributed by atoms with Crippen LogP contribution < -0.4 is 9.46 Å². The minimum absolute atomic E-state index is 0.0160. The van der Waals surface area contributed by atoms with Gasteiger partial charge in [-0.1, -0.05) is 6.07 Å². The first kappa shape index (κ1) is 22.8. The minimum Gasteiger partial charge on any atom is -0.495 e. The summed E-state index contributed by atoms with van der Waals surface area (Å²) in [5.74, 6) is 0.467. The molecule has 3 heterocycles. The Balaban J connectivity index is 1.57.